The first-order chi connectivity index (χ1) is 12.5. The Hall–Kier alpha value is -2.06. The highest BCUT2D eigenvalue weighted by Crippen LogP contribution is 2.35. The standard InChI is InChI=1S/C18H21NO5S2/c1-23-13-7-8-14(24-2)12(10-13)11-15-17(22)19(18(25)26-15)9-5-3-4-6-16(20)21/h7-8,10-11H,3-6,9H2,1-2H3,(H,20,21)/p-1/b15-11-. The summed E-state index contributed by atoms with van der Waals surface area (Å²) in [5.41, 5.74) is 0.737. The van der Waals surface area contributed by atoms with E-state index >= 15 is 0 Å². The Morgan fingerprint density at radius 1 is 1.27 bits per heavy atom. The molecule has 0 spiro atoms. The van der Waals surface area contributed by atoms with Crippen LogP contribution in [0.1, 0.15) is 31.2 Å². The topological polar surface area (TPSA) is 78.9 Å². The fourth-order valence-corrected chi connectivity index (χ4v) is 3.80. The second-order valence-electron chi connectivity index (χ2n) is 5.62. The highest BCUT2D eigenvalue weighted by atomic mass is 32.2. The van der Waals surface area contributed by atoms with Gasteiger partial charge in [-0.05, 0) is 43.5 Å². The van der Waals surface area contributed by atoms with E-state index in [-0.39, 0.29) is 12.3 Å². The quantitative estimate of drug-likeness (QED) is 0.361. The number of benzene rings is 1. The predicted octanol–water partition coefficient (Wildman–Crippen LogP) is 2.22. The molecule has 1 aliphatic heterocycles. The summed E-state index contributed by atoms with van der Waals surface area (Å²) >= 11 is 6.55. The van der Waals surface area contributed by atoms with E-state index in [2.05, 4.69) is 0 Å². The number of nitrogens with zero attached hydrogens (tertiary/aromatic N) is 1. The number of methoxy groups -OCH3 is 2. The lowest BCUT2D eigenvalue weighted by Crippen LogP contribution is -2.29. The minimum absolute atomic E-state index is 0.0356. The van der Waals surface area contributed by atoms with Crippen molar-refractivity contribution in [1.29, 1.82) is 0 Å². The van der Waals surface area contributed by atoms with Gasteiger partial charge in [-0.1, -0.05) is 30.4 Å². The van der Waals surface area contributed by atoms with Gasteiger partial charge in [0.15, 0.2) is 0 Å². The molecule has 0 radical (unpaired) electrons. The number of thioether (sulfide) groups is 1. The molecule has 6 nitrogen and oxygen atoms in total. The summed E-state index contributed by atoms with van der Waals surface area (Å²) in [5.74, 6) is 0.106. The largest absolute Gasteiger partial charge is 0.550 e. The number of amides is 1. The van der Waals surface area contributed by atoms with Crippen molar-refractivity contribution in [3.05, 3.63) is 28.7 Å². The Balaban J connectivity index is 2.06. The smallest absolute Gasteiger partial charge is 0.266 e. The number of rotatable bonds is 9. The van der Waals surface area contributed by atoms with Crippen LogP contribution in [-0.4, -0.2) is 41.9 Å². The lowest BCUT2D eigenvalue weighted by Gasteiger charge is -2.14. The van der Waals surface area contributed by atoms with Crippen molar-refractivity contribution in [3.8, 4) is 11.5 Å². The number of unbranched alkanes of at least 4 members (excludes halogenated alkanes) is 2. The number of hydrogen-bond donors (Lipinski definition) is 0. The third kappa shape index (κ3) is 5.22. The average Bonchev–Trinajstić information content (AvgIpc) is 2.88. The first-order valence-corrected chi connectivity index (χ1v) is 9.36. The van der Waals surface area contributed by atoms with Gasteiger partial charge in [0, 0.05) is 18.1 Å². The maximum absolute atomic E-state index is 12.6. The molecule has 0 unspecified atom stereocenters. The molecule has 0 aliphatic carbocycles. The molecule has 2 rings (SSSR count). The number of carbonyl (C=O) groups excluding carboxylic acids is 2. The zero-order chi connectivity index (χ0) is 19.1. The summed E-state index contributed by atoms with van der Waals surface area (Å²) in [6.07, 6.45) is 3.71. The highest BCUT2D eigenvalue weighted by molar-refractivity contribution is 8.26. The molecule has 140 valence electrons. The van der Waals surface area contributed by atoms with Crippen LogP contribution in [0.2, 0.25) is 0 Å². The molecule has 0 bridgehead atoms. The van der Waals surface area contributed by atoms with Crippen molar-refractivity contribution < 1.29 is 24.2 Å². The molecule has 1 saturated heterocycles. The van der Waals surface area contributed by atoms with Crippen LogP contribution < -0.4 is 14.6 Å². The molecule has 1 fully saturated rings. The van der Waals surface area contributed by atoms with Gasteiger partial charge < -0.3 is 19.4 Å². The van der Waals surface area contributed by atoms with E-state index in [1.54, 1.807) is 43.4 Å². The number of carboxylic acid groups (broad SMARTS) is 1. The van der Waals surface area contributed by atoms with E-state index in [1.165, 1.54) is 11.8 Å². The number of aliphatic carboxylic acids is 1. The van der Waals surface area contributed by atoms with Gasteiger partial charge in [-0.15, -0.1) is 0 Å². The second kappa shape index (κ2) is 9.59. The second-order valence-corrected chi connectivity index (χ2v) is 7.30. The number of ether oxygens (including phenoxy) is 2. The molecule has 1 amide bonds. The molecule has 8 heteroatoms. The van der Waals surface area contributed by atoms with Gasteiger partial charge >= 0.3 is 0 Å². The summed E-state index contributed by atoms with van der Waals surface area (Å²) in [6, 6.07) is 5.36. The van der Waals surface area contributed by atoms with Crippen LogP contribution in [0, 0.1) is 0 Å². The van der Waals surface area contributed by atoms with Crippen LogP contribution in [0.4, 0.5) is 0 Å². The van der Waals surface area contributed by atoms with Crippen LogP contribution in [0.5, 0.6) is 11.5 Å². The zero-order valence-electron chi connectivity index (χ0n) is 14.6. The van der Waals surface area contributed by atoms with Gasteiger partial charge in [0.25, 0.3) is 5.91 Å². The van der Waals surface area contributed by atoms with Crippen LogP contribution >= 0.6 is 24.0 Å². The molecular formula is C18H20NO5S2-. The van der Waals surface area contributed by atoms with Crippen molar-refractivity contribution in [2.45, 2.75) is 25.7 Å². The lowest BCUT2D eigenvalue weighted by molar-refractivity contribution is -0.305. The zero-order valence-corrected chi connectivity index (χ0v) is 16.3. The van der Waals surface area contributed by atoms with E-state index in [0.717, 1.165) is 5.56 Å². The lowest BCUT2D eigenvalue weighted by atomic mass is 10.1. The van der Waals surface area contributed by atoms with E-state index in [9.17, 15) is 14.7 Å². The summed E-state index contributed by atoms with van der Waals surface area (Å²) in [7, 11) is 3.14. The average molecular weight is 394 g/mol. The van der Waals surface area contributed by atoms with Gasteiger partial charge in [-0.3, -0.25) is 9.69 Å². The molecule has 0 N–H and O–H groups in total. The summed E-state index contributed by atoms with van der Waals surface area (Å²) in [4.78, 5) is 25.1. The van der Waals surface area contributed by atoms with Crippen molar-refractivity contribution >= 4 is 46.3 Å². The maximum Gasteiger partial charge on any atom is 0.266 e. The van der Waals surface area contributed by atoms with Crippen molar-refractivity contribution in [3.63, 3.8) is 0 Å². The third-order valence-electron chi connectivity index (χ3n) is 3.86. The Bertz CT molecular complexity index is 732. The molecule has 26 heavy (non-hydrogen) atoms. The molecule has 1 aromatic rings. The SMILES string of the molecule is COc1ccc(OC)c(/C=C2\SC(=S)N(CCCCCC(=O)[O-])C2=O)c1. The summed E-state index contributed by atoms with van der Waals surface area (Å²) < 4.78 is 11.1. The molecule has 0 atom stereocenters. The first-order valence-electron chi connectivity index (χ1n) is 8.13. The first kappa shape index (κ1) is 20.3. The van der Waals surface area contributed by atoms with Crippen LogP contribution in [-0.2, 0) is 9.59 Å². The Kier molecular flexibility index (Phi) is 7.47. The Morgan fingerprint density at radius 2 is 2.04 bits per heavy atom. The van der Waals surface area contributed by atoms with Gasteiger partial charge in [-0.25, -0.2) is 0 Å². The molecule has 0 saturated carbocycles. The molecule has 1 heterocycles. The Morgan fingerprint density at radius 3 is 2.69 bits per heavy atom. The van der Waals surface area contributed by atoms with E-state index in [1.807, 2.05) is 0 Å². The molecular weight excluding hydrogens is 374 g/mol. The highest BCUT2D eigenvalue weighted by Gasteiger charge is 2.31. The van der Waals surface area contributed by atoms with E-state index in [4.69, 9.17) is 21.7 Å². The summed E-state index contributed by atoms with van der Waals surface area (Å²) in [5, 5.41) is 10.4. The molecule has 0 aromatic heterocycles. The van der Waals surface area contributed by atoms with Crippen molar-refractivity contribution in [1.82, 2.24) is 4.90 Å². The van der Waals surface area contributed by atoms with Crippen molar-refractivity contribution in [2.24, 2.45) is 0 Å². The van der Waals surface area contributed by atoms with E-state index < -0.39 is 5.97 Å². The van der Waals surface area contributed by atoms with Crippen LogP contribution in [0.15, 0.2) is 23.1 Å². The maximum atomic E-state index is 12.6. The molecule has 1 aliphatic rings. The number of carbonyl (C=O) groups is 2. The monoisotopic (exact) mass is 394 g/mol. The van der Waals surface area contributed by atoms with Crippen molar-refractivity contribution in [2.75, 3.05) is 20.8 Å². The van der Waals surface area contributed by atoms with Gasteiger partial charge in [0.05, 0.1) is 19.1 Å². The fourth-order valence-electron chi connectivity index (χ4n) is 2.50. The minimum Gasteiger partial charge on any atom is -0.550 e. The third-order valence-corrected chi connectivity index (χ3v) is 5.24. The van der Waals surface area contributed by atoms with E-state index in [0.29, 0.717) is 46.5 Å². The minimum atomic E-state index is -1.05. The molecule has 1 aromatic carbocycles. The number of thiocarbonyl (C=S) groups is 1. The Labute approximate surface area is 162 Å². The van der Waals surface area contributed by atoms with Crippen LogP contribution in [0.3, 0.4) is 0 Å². The van der Waals surface area contributed by atoms with Crippen LogP contribution in [0.25, 0.3) is 6.08 Å². The predicted molar refractivity (Wildman–Crippen MR) is 103 cm³/mol. The summed E-state index contributed by atoms with van der Waals surface area (Å²) in [6.45, 7) is 0.476. The number of hydrogen-bond acceptors (Lipinski definition) is 7. The van der Waals surface area contributed by atoms with Gasteiger partial charge in [0.2, 0.25) is 0 Å². The van der Waals surface area contributed by atoms with Gasteiger partial charge in [0.1, 0.15) is 15.8 Å². The normalized spacial score (nSPS) is 15.6. The number of carboxylic acids is 1. The fraction of sp³-hybridized carbons (Fsp3) is 0.389. The van der Waals surface area contributed by atoms with Gasteiger partial charge in [-0.2, -0.15) is 0 Å².